The lowest BCUT2D eigenvalue weighted by Gasteiger charge is -2.54. The van der Waals surface area contributed by atoms with Gasteiger partial charge in [-0.05, 0) is 19.9 Å². The molecule has 1 atom stereocenters. The quantitative estimate of drug-likeness (QED) is 0.657. The maximum atomic E-state index is 12.5. The summed E-state index contributed by atoms with van der Waals surface area (Å²) in [5.41, 5.74) is -0.0307. The maximum absolute atomic E-state index is 12.5. The molecule has 1 aromatic rings. The van der Waals surface area contributed by atoms with E-state index in [2.05, 4.69) is 20.2 Å². The summed E-state index contributed by atoms with van der Waals surface area (Å²) >= 11 is 0. The second-order valence-electron chi connectivity index (χ2n) is 8.47. The van der Waals surface area contributed by atoms with Crippen LogP contribution in [0.3, 0.4) is 0 Å². The van der Waals surface area contributed by atoms with Crippen molar-refractivity contribution in [3.05, 3.63) is 24.3 Å². The Kier molecular flexibility index (Phi) is 7.52. The zero-order valence-electron chi connectivity index (χ0n) is 18.0. The molecule has 2 amide bonds. The van der Waals surface area contributed by atoms with Gasteiger partial charge >= 0.3 is 12.1 Å². The number of rotatable bonds is 3. The van der Waals surface area contributed by atoms with E-state index in [9.17, 15) is 22.8 Å². The van der Waals surface area contributed by atoms with Gasteiger partial charge in [-0.15, -0.1) is 0 Å². The number of ether oxygens (including phenoxy) is 1. The molecular weight excluding hydrogens is 447 g/mol. The number of alkyl halides is 3. The van der Waals surface area contributed by atoms with Crippen LogP contribution in [0.15, 0.2) is 18.6 Å². The van der Waals surface area contributed by atoms with Crippen molar-refractivity contribution >= 4 is 17.8 Å². The van der Waals surface area contributed by atoms with Gasteiger partial charge in [0.25, 0.3) is 5.91 Å². The highest BCUT2D eigenvalue weighted by molar-refractivity contribution is 5.92. The SMILES string of the molecule is CN1CC2(CN(C(=O)c3cnccn3)C2)OCC1C(=O)NC1CCCC1.O=C(O)C(F)(F)F. The molecule has 0 bridgehead atoms. The zero-order valence-corrected chi connectivity index (χ0v) is 18.0. The van der Waals surface area contributed by atoms with Crippen LogP contribution in [0.2, 0.25) is 0 Å². The van der Waals surface area contributed by atoms with Crippen LogP contribution in [0.5, 0.6) is 0 Å². The predicted octanol–water partition coefficient (Wildman–Crippen LogP) is 0.694. The molecule has 3 heterocycles. The van der Waals surface area contributed by atoms with Crippen LogP contribution in [0.25, 0.3) is 0 Å². The number of nitrogens with zero attached hydrogens (tertiary/aromatic N) is 4. The fraction of sp³-hybridized carbons (Fsp3) is 0.650. The van der Waals surface area contributed by atoms with Crippen LogP contribution in [0.4, 0.5) is 13.2 Å². The molecular formula is C20H26F3N5O5. The molecule has 1 unspecified atom stereocenters. The summed E-state index contributed by atoms with van der Waals surface area (Å²) in [6.07, 6.45) is 4.00. The number of hydrogen-bond acceptors (Lipinski definition) is 7. The first kappa shape index (κ1) is 24.8. The first-order chi connectivity index (χ1) is 15.5. The Morgan fingerprint density at radius 3 is 2.33 bits per heavy atom. The number of morpholine rings is 1. The average Bonchev–Trinajstić information content (AvgIpc) is 3.24. The molecule has 2 N–H and O–H groups in total. The van der Waals surface area contributed by atoms with E-state index in [0.717, 1.165) is 12.8 Å². The summed E-state index contributed by atoms with van der Waals surface area (Å²) < 4.78 is 37.8. The fourth-order valence-electron chi connectivity index (χ4n) is 4.19. The number of aromatic nitrogens is 2. The molecule has 0 radical (unpaired) electrons. The first-order valence-corrected chi connectivity index (χ1v) is 10.5. The molecule has 1 aromatic heterocycles. The van der Waals surface area contributed by atoms with Gasteiger partial charge in [-0.3, -0.25) is 19.5 Å². The van der Waals surface area contributed by atoms with Crippen LogP contribution in [-0.2, 0) is 14.3 Å². The minimum absolute atomic E-state index is 0.0565. The van der Waals surface area contributed by atoms with Crippen molar-refractivity contribution < 1.29 is 37.4 Å². The van der Waals surface area contributed by atoms with Gasteiger partial charge in [0.2, 0.25) is 5.91 Å². The first-order valence-electron chi connectivity index (χ1n) is 10.5. The summed E-state index contributed by atoms with van der Waals surface area (Å²) in [5.74, 6) is -2.83. The van der Waals surface area contributed by atoms with E-state index in [1.807, 2.05) is 7.05 Å². The second-order valence-corrected chi connectivity index (χ2v) is 8.47. The summed E-state index contributed by atoms with van der Waals surface area (Å²) in [7, 11) is 1.95. The van der Waals surface area contributed by atoms with Gasteiger partial charge in [0.15, 0.2) is 0 Å². The van der Waals surface area contributed by atoms with Crippen molar-refractivity contribution in [2.24, 2.45) is 0 Å². The molecule has 1 aliphatic carbocycles. The molecule has 10 nitrogen and oxygen atoms in total. The van der Waals surface area contributed by atoms with Crippen LogP contribution in [-0.4, -0.2) is 99.8 Å². The molecule has 2 saturated heterocycles. The van der Waals surface area contributed by atoms with Crippen molar-refractivity contribution in [3.8, 4) is 0 Å². The second kappa shape index (κ2) is 10.00. The van der Waals surface area contributed by atoms with Crippen molar-refractivity contribution in [2.75, 3.05) is 33.3 Å². The summed E-state index contributed by atoms with van der Waals surface area (Å²) in [4.78, 5) is 45.6. The highest BCUT2D eigenvalue weighted by Gasteiger charge is 2.51. The topological polar surface area (TPSA) is 125 Å². The van der Waals surface area contributed by atoms with Gasteiger partial charge in [-0.2, -0.15) is 13.2 Å². The minimum Gasteiger partial charge on any atom is -0.475 e. The van der Waals surface area contributed by atoms with Gasteiger partial charge in [0, 0.05) is 25.0 Å². The molecule has 0 aromatic carbocycles. The van der Waals surface area contributed by atoms with E-state index in [4.69, 9.17) is 14.6 Å². The highest BCUT2D eigenvalue weighted by Crippen LogP contribution is 2.31. The Bertz CT molecular complexity index is 857. The standard InChI is InChI=1S/C18H25N5O3.C2HF3O2/c1-22-10-18(11-23(12-18)17(25)14-8-19-6-7-20-14)26-9-15(22)16(24)21-13-4-2-3-5-13;3-2(4,5)1(6)7/h6-8,13,15H,2-5,9-12H2,1H3,(H,21,24);(H,6,7). The number of likely N-dealkylation sites (tertiary alicyclic amines) is 1. The van der Waals surface area contributed by atoms with E-state index in [1.165, 1.54) is 25.2 Å². The largest absolute Gasteiger partial charge is 0.490 e. The lowest BCUT2D eigenvalue weighted by atomic mass is 9.90. The van der Waals surface area contributed by atoms with E-state index in [1.54, 1.807) is 11.1 Å². The number of carbonyl (C=O) groups is 3. The number of nitrogens with one attached hydrogen (secondary N) is 1. The number of carboxylic acids is 1. The molecule has 2 aliphatic heterocycles. The smallest absolute Gasteiger partial charge is 0.475 e. The Labute approximate surface area is 188 Å². The Hall–Kier alpha value is -2.80. The number of aliphatic carboxylic acids is 1. The number of likely N-dealkylation sites (N-methyl/N-ethyl adjacent to an activating group) is 1. The molecule has 182 valence electrons. The van der Waals surface area contributed by atoms with Crippen molar-refractivity contribution in [1.29, 1.82) is 0 Å². The van der Waals surface area contributed by atoms with Gasteiger partial charge < -0.3 is 20.1 Å². The summed E-state index contributed by atoms with van der Waals surface area (Å²) in [6.45, 7) is 2.04. The van der Waals surface area contributed by atoms with Crippen LogP contribution >= 0.6 is 0 Å². The molecule has 33 heavy (non-hydrogen) atoms. The average molecular weight is 473 g/mol. The van der Waals surface area contributed by atoms with Gasteiger partial charge in [-0.1, -0.05) is 12.8 Å². The van der Waals surface area contributed by atoms with Gasteiger partial charge in [-0.25, -0.2) is 9.78 Å². The molecule has 3 fully saturated rings. The third-order valence-corrected chi connectivity index (χ3v) is 5.89. The predicted molar refractivity (Wildman–Crippen MR) is 107 cm³/mol. The van der Waals surface area contributed by atoms with E-state index < -0.39 is 12.1 Å². The zero-order chi connectivity index (χ0) is 24.2. The Morgan fingerprint density at radius 2 is 1.82 bits per heavy atom. The van der Waals surface area contributed by atoms with E-state index in [-0.39, 0.29) is 23.5 Å². The summed E-state index contributed by atoms with van der Waals surface area (Å²) in [6, 6.07) is 0.0570. The van der Waals surface area contributed by atoms with Crippen molar-refractivity contribution in [1.82, 2.24) is 25.1 Å². The number of carbonyl (C=O) groups excluding carboxylic acids is 2. The lowest BCUT2D eigenvalue weighted by Crippen LogP contribution is -2.73. The Balaban J connectivity index is 0.000000383. The Morgan fingerprint density at radius 1 is 1.18 bits per heavy atom. The minimum atomic E-state index is -5.08. The molecule has 1 spiro atoms. The van der Waals surface area contributed by atoms with Crippen LogP contribution < -0.4 is 5.32 Å². The van der Waals surface area contributed by atoms with Crippen LogP contribution in [0.1, 0.15) is 36.2 Å². The lowest BCUT2D eigenvalue weighted by molar-refractivity contribution is -0.192. The maximum Gasteiger partial charge on any atom is 0.490 e. The van der Waals surface area contributed by atoms with E-state index in [0.29, 0.717) is 38.0 Å². The molecule has 4 rings (SSSR count). The third-order valence-electron chi connectivity index (χ3n) is 5.89. The van der Waals surface area contributed by atoms with E-state index >= 15 is 0 Å². The van der Waals surface area contributed by atoms with Crippen molar-refractivity contribution in [2.45, 2.75) is 49.5 Å². The number of halogens is 3. The molecule has 3 aliphatic rings. The number of amides is 2. The van der Waals surface area contributed by atoms with Crippen molar-refractivity contribution in [3.63, 3.8) is 0 Å². The van der Waals surface area contributed by atoms with Gasteiger partial charge in [0.05, 0.1) is 25.9 Å². The number of hydrogen-bond donors (Lipinski definition) is 2. The normalized spacial score (nSPS) is 22.8. The highest BCUT2D eigenvalue weighted by atomic mass is 19.4. The fourth-order valence-corrected chi connectivity index (χ4v) is 4.19. The summed E-state index contributed by atoms with van der Waals surface area (Å²) in [5, 5.41) is 10.3. The number of carboxylic acid groups (broad SMARTS) is 1. The van der Waals surface area contributed by atoms with Gasteiger partial charge in [0.1, 0.15) is 17.3 Å². The monoisotopic (exact) mass is 473 g/mol. The molecule has 13 heteroatoms. The van der Waals surface area contributed by atoms with Crippen LogP contribution in [0, 0.1) is 0 Å². The molecule has 1 saturated carbocycles. The third kappa shape index (κ3) is 6.16.